The summed E-state index contributed by atoms with van der Waals surface area (Å²) in [5.41, 5.74) is 6.49. The number of para-hydroxylation sites is 1. The third-order valence-corrected chi connectivity index (χ3v) is 10.5. The average Bonchev–Trinajstić information content (AvgIpc) is 2.87. The number of aryl methyl sites for hydroxylation is 2. The second-order valence-electron chi connectivity index (χ2n) is 12.4. The molecule has 4 saturated carbocycles. The highest BCUT2D eigenvalue weighted by Crippen LogP contribution is 2.60. The number of carbonyl (C=O) groups excluding carboxylic acids is 1. The zero-order chi connectivity index (χ0) is 27.4. The minimum atomic E-state index is -3.49. The fourth-order valence-electron chi connectivity index (χ4n) is 8.06. The molecule has 0 heterocycles. The number of benzene rings is 3. The van der Waals surface area contributed by atoms with Gasteiger partial charge in [0.1, 0.15) is 0 Å². The van der Waals surface area contributed by atoms with Crippen molar-refractivity contribution in [3.8, 4) is 0 Å². The van der Waals surface area contributed by atoms with Gasteiger partial charge in [-0.05, 0) is 122 Å². The van der Waals surface area contributed by atoms with Crippen molar-refractivity contribution in [2.75, 3.05) is 15.9 Å². The van der Waals surface area contributed by atoms with Gasteiger partial charge in [0.15, 0.2) is 0 Å². The highest BCUT2D eigenvalue weighted by Gasteiger charge is 2.51. The molecule has 0 atom stereocenters. The minimum absolute atomic E-state index is 0.168. The van der Waals surface area contributed by atoms with E-state index in [2.05, 4.69) is 29.6 Å². The topological polar surface area (TPSA) is 66.5 Å². The Kier molecular flexibility index (Phi) is 6.57. The Morgan fingerprint density at radius 3 is 1.90 bits per heavy atom. The van der Waals surface area contributed by atoms with Gasteiger partial charge in [0.25, 0.3) is 5.91 Å². The Balaban J connectivity index is 1.14. The molecule has 0 unspecified atom stereocenters. The Morgan fingerprint density at radius 2 is 1.38 bits per heavy atom. The maximum atomic E-state index is 13.0. The zero-order valence-corrected chi connectivity index (χ0v) is 23.9. The van der Waals surface area contributed by atoms with Crippen molar-refractivity contribution >= 4 is 27.3 Å². The monoisotopic (exact) mass is 542 g/mol. The van der Waals surface area contributed by atoms with E-state index in [1.807, 2.05) is 44.2 Å². The number of nitrogens with zero attached hydrogens (tertiary/aromatic N) is 1. The van der Waals surface area contributed by atoms with Crippen LogP contribution in [0.5, 0.6) is 0 Å². The first-order chi connectivity index (χ1) is 18.6. The van der Waals surface area contributed by atoms with Crippen LogP contribution in [0.4, 0.5) is 11.4 Å². The van der Waals surface area contributed by atoms with E-state index < -0.39 is 10.0 Å². The number of carbonyl (C=O) groups is 1. The van der Waals surface area contributed by atoms with Gasteiger partial charge in [0.05, 0.1) is 18.5 Å². The molecule has 4 aliphatic rings. The SMILES string of the molecule is Cc1cccc(C)c1N(Cc1ccc(C(=O)Nc2ccc(C34CC5CC(CC(C5)C3)C4)cc2)cc1)S(C)(=O)=O. The molecule has 5 nitrogen and oxygen atoms in total. The third-order valence-electron chi connectivity index (χ3n) is 9.42. The molecule has 0 aromatic heterocycles. The van der Waals surface area contributed by atoms with Gasteiger partial charge in [0.2, 0.25) is 10.0 Å². The van der Waals surface area contributed by atoms with Gasteiger partial charge >= 0.3 is 0 Å². The summed E-state index contributed by atoms with van der Waals surface area (Å²) in [6.45, 7) is 4.05. The molecule has 4 aliphatic carbocycles. The molecule has 0 radical (unpaired) electrons. The summed E-state index contributed by atoms with van der Waals surface area (Å²) in [5, 5.41) is 3.04. The first-order valence-electron chi connectivity index (χ1n) is 14.1. The maximum absolute atomic E-state index is 13.0. The second-order valence-corrected chi connectivity index (χ2v) is 14.3. The van der Waals surface area contributed by atoms with Crippen LogP contribution in [0.15, 0.2) is 66.7 Å². The lowest BCUT2D eigenvalue weighted by atomic mass is 9.48. The first-order valence-corrected chi connectivity index (χ1v) is 16.0. The number of rotatable bonds is 7. The van der Waals surface area contributed by atoms with Crippen LogP contribution in [-0.2, 0) is 22.0 Å². The Labute approximate surface area is 232 Å². The molecule has 1 N–H and O–H groups in total. The van der Waals surface area contributed by atoms with Crippen molar-refractivity contribution in [1.82, 2.24) is 0 Å². The number of nitrogens with one attached hydrogen (secondary N) is 1. The zero-order valence-electron chi connectivity index (χ0n) is 23.1. The summed E-state index contributed by atoms with van der Waals surface area (Å²) in [5.74, 6) is 2.55. The van der Waals surface area contributed by atoms with Crippen molar-refractivity contribution in [2.24, 2.45) is 17.8 Å². The van der Waals surface area contributed by atoms with Crippen LogP contribution in [0.1, 0.15) is 71.1 Å². The molecule has 4 fully saturated rings. The fraction of sp³-hybridized carbons (Fsp3) is 0.424. The number of hydrogen-bond donors (Lipinski definition) is 1. The molecule has 7 rings (SSSR count). The fourth-order valence-corrected chi connectivity index (χ4v) is 9.07. The van der Waals surface area contributed by atoms with E-state index >= 15 is 0 Å². The molecular formula is C33H38N2O3S. The van der Waals surface area contributed by atoms with Crippen molar-refractivity contribution in [3.63, 3.8) is 0 Å². The van der Waals surface area contributed by atoms with Crippen LogP contribution in [0.3, 0.4) is 0 Å². The average molecular weight is 543 g/mol. The predicted molar refractivity (Wildman–Crippen MR) is 158 cm³/mol. The van der Waals surface area contributed by atoms with Crippen molar-refractivity contribution in [3.05, 3.63) is 94.5 Å². The van der Waals surface area contributed by atoms with Gasteiger partial charge in [-0.25, -0.2) is 8.42 Å². The lowest BCUT2D eigenvalue weighted by Crippen LogP contribution is -2.48. The van der Waals surface area contributed by atoms with Crippen LogP contribution in [0, 0.1) is 31.6 Å². The van der Waals surface area contributed by atoms with Gasteiger partial charge in [-0.3, -0.25) is 9.10 Å². The van der Waals surface area contributed by atoms with Crippen molar-refractivity contribution in [1.29, 1.82) is 0 Å². The summed E-state index contributed by atoms with van der Waals surface area (Å²) in [7, 11) is -3.49. The smallest absolute Gasteiger partial charge is 0.255 e. The van der Waals surface area contributed by atoms with E-state index in [9.17, 15) is 13.2 Å². The van der Waals surface area contributed by atoms with Crippen LogP contribution in [0.2, 0.25) is 0 Å². The van der Waals surface area contributed by atoms with E-state index in [4.69, 9.17) is 0 Å². The van der Waals surface area contributed by atoms with Crippen LogP contribution < -0.4 is 9.62 Å². The largest absolute Gasteiger partial charge is 0.322 e. The first kappa shape index (κ1) is 26.1. The van der Waals surface area contributed by atoms with Crippen molar-refractivity contribution < 1.29 is 13.2 Å². The Bertz CT molecular complexity index is 1440. The standard InChI is InChI=1S/C33H38N2O3S/c1-22-5-4-6-23(2)31(22)35(39(3,37)38)21-24-7-9-28(10-8-24)32(36)34-30-13-11-29(12-14-30)33-18-25-15-26(19-33)17-27(16-25)20-33/h4-14,25-27H,15-21H2,1-3H3,(H,34,36). The number of anilines is 2. The van der Waals surface area contributed by atoms with E-state index in [0.29, 0.717) is 16.7 Å². The highest BCUT2D eigenvalue weighted by molar-refractivity contribution is 7.92. The number of amides is 1. The summed E-state index contributed by atoms with van der Waals surface area (Å²) in [4.78, 5) is 13.0. The Hall–Kier alpha value is -3.12. The summed E-state index contributed by atoms with van der Waals surface area (Å²) in [6, 6.07) is 21.5. The molecule has 0 saturated heterocycles. The van der Waals surface area contributed by atoms with Gasteiger partial charge in [-0.1, -0.05) is 42.5 Å². The molecule has 3 aromatic rings. The van der Waals surface area contributed by atoms with E-state index in [-0.39, 0.29) is 12.5 Å². The lowest BCUT2D eigenvalue weighted by molar-refractivity contribution is -0.00518. The molecule has 4 bridgehead atoms. The number of hydrogen-bond acceptors (Lipinski definition) is 3. The molecule has 3 aromatic carbocycles. The molecule has 39 heavy (non-hydrogen) atoms. The number of sulfonamides is 1. The summed E-state index contributed by atoms with van der Waals surface area (Å²) < 4.78 is 26.8. The minimum Gasteiger partial charge on any atom is -0.322 e. The maximum Gasteiger partial charge on any atom is 0.255 e. The van der Waals surface area contributed by atoms with Gasteiger partial charge in [-0.2, -0.15) is 0 Å². The molecule has 204 valence electrons. The second kappa shape index (κ2) is 9.81. The summed E-state index contributed by atoms with van der Waals surface area (Å²) >= 11 is 0. The van der Waals surface area contributed by atoms with E-state index in [0.717, 1.165) is 40.1 Å². The van der Waals surface area contributed by atoms with Crippen molar-refractivity contribution in [2.45, 2.75) is 64.3 Å². The van der Waals surface area contributed by atoms with Crippen LogP contribution >= 0.6 is 0 Å². The van der Waals surface area contributed by atoms with E-state index in [1.165, 1.54) is 54.6 Å². The van der Waals surface area contributed by atoms with E-state index in [1.54, 1.807) is 12.1 Å². The van der Waals surface area contributed by atoms with Crippen LogP contribution in [-0.4, -0.2) is 20.6 Å². The van der Waals surface area contributed by atoms with Gasteiger partial charge in [0, 0.05) is 11.3 Å². The molecule has 0 spiro atoms. The normalized spacial score (nSPS) is 25.5. The highest BCUT2D eigenvalue weighted by atomic mass is 32.2. The molecule has 0 aliphatic heterocycles. The molecule has 1 amide bonds. The lowest BCUT2D eigenvalue weighted by Gasteiger charge is -2.57. The van der Waals surface area contributed by atoms with Crippen LogP contribution in [0.25, 0.3) is 0 Å². The quantitative estimate of drug-likeness (QED) is 0.350. The predicted octanol–water partition coefficient (Wildman–Crippen LogP) is 6.99. The van der Waals surface area contributed by atoms with Gasteiger partial charge < -0.3 is 5.32 Å². The molecule has 6 heteroatoms. The Morgan fingerprint density at radius 1 is 0.846 bits per heavy atom. The molecular weight excluding hydrogens is 504 g/mol. The summed E-state index contributed by atoms with van der Waals surface area (Å²) in [6.07, 6.45) is 9.53. The third kappa shape index (κ3) is 5.11. The van der Waals surface area contributed by atoms with Gasteiger partial charge in [-0.15, -0.1) is 0 Å².